The van der Waals surface area contributed by atoms with Gasteiger partial charge in [0.25, 0.3) is 0 Å². The van der Waals surface area contributed by atoms with Gasteiger partial charge in [-0.25, -0.2) is 4.39 Å². The van der Waals surface area contributed by atoms with E-state index in [1.165, 1.54) is 17.2 Å². The van der Waals surface area contributed by atoms with Gasteiger partial charge in [-0.05, 0) is 54.5 Å². The smallest absolute Gasteiger partial charge is 0.127 e. The summed E-state index contributed by atoms with van der Waals surface area (Å²) in [4.78, 5) is 0. The van der Waals surface area contributed by atoms with Crippen molar-refractivity contribution in [2.75, 3.05) is 6.61 Å². The van der Waals surface area contributed by atoms with E-state index in [0.29, 0.717) is 12.0 Å². The maximum atomic E-state index is 13.9. The van der Waals surface area contributed by atoms with Crippen molar-refractivity contribution >= 4 is 15.9 Å². The molecule has 0 spiro atoms. The predicted molar refractivity (Wildman–Crippen MR) is 83.3 cm³/mol. The molecular formula is C17H18BrFO. The number of halogens is 2. The van der Waals surface area contributed by atoms with Crippen LogP contribution in [0.5, 0.6) is 0 Å². The van der Waals surface area contributed by atoms with E-state index in [9.17, 15) is 9.50 Å². The molecule has 0 saturated carbocycles. The van der Waals surface area contributed by atoms with E-state index < -0.39 is 0 Å². The summed E-state index contributed by atoms with van der Waals surface area (Å²) < 4.78 is 14.6. The summed E-state index contributed by atoms with van der Waals surface area (Å²) in [5, 5.41) is 9.55. The Morgan fingerprint density at radius 1 is 1.10 bits per heavy atom. The molecule has 0 saturated heterocycles. The molecule has 0 heterocycles. The third kappa shape index (κ3) is 3.90. The number of aliphatic hydroxyl groups excluding tert-OH is 1. The largest absolute Gasteiger partial charge is 0.396 e. The first kappa shape index (κ1) is 15.2. The number of aryl methyl sites for hydroxylation is 1. The van der Waals surface area contributed by atoms with E-state index in [-0.39, 0.29) is 18.3 Å². The molecule has 0 bridgehead atoms. The minimum atomic E-state index is -0.220. The van der Waals surface area contributed by atoms with Crippen LogP contribution in [0.1, 0.15) is 16.7 Å². The lowest BCUT2D eigenvalue weighted by molar-refractivity contribution is 0.224. The lowest BCUT2D eigenvalue weighted by Gasteiger charge is -2.16. The molecule has 1 atom stereocenters. The van der Waals surface area contributed by atoms with Gasteiger partial charge in [0.1, 0.15) is 5.82 Å². The molecule has 0 aliphatic carbocycles. The van der Waals surface area contributed by atoms with Crippen LogP contribution in [0.25, 0.3) is 0 Å². The summed E-state index contributed by atoms with van der Waals surface area (Å²) in [6.07, 6.45) is 1.31. The van der Waals surface area contributed by atoms with Gasteiger partial charge in [0.2, 0.25) is 0 Å². The van der Waals surface area contributed by atoms with Gasteiger partial charge >= 0.3 is 0 Å². The van der Waals surface area contributed by atoms with Crippen molar-refractivity contribution < 1.29 is 9.50 Å². The van der Waals surface area contributed by atoms with Crippen molar-refractivity contribution in [3.63, 3.8) is 0 Å². The quantitative estimate of drug-likeness (QED) is 0.863. The van der Waals surface area contributed by atoms with Crippen molar-refractivity contribution in [2.45, 2.75) is 19.8 Å². The van der Waals surface area contributed by atoms with Crippen LogP contribution in [-0.4, -0.2) is 11.7 Å². The monoisotopic (exact) mass is 336 g/mol. The van der Waals surface area contributed by atoms with Gasteiger partial charge in [-0.15, -0.1) is 0 Å². The summed E-state index contributed by atoms with van der Waals surface area (Å²) in [5.41, 5.74) is 3.08. The molecule has 0 aliphatic rings. The average Bonchev–Trinajstić information content (AvgIpc) is 2.43. The van der Waals surface area contributed by atoms with E-state index in [0.717, 1.165) is 10.9 Å². The fourth-order valence-electron chi connectivity index (χ4n) is 2.35. The summed E-state index contributed by atoms with van der Waals surface area (Å²) in [6, 6.07) is 13.2. The molecule has 2 rings (SSSR count). The van der Waals surface area contributed by atoms with Gasteiger partial charge in [-0.1, -0.05) is 46.3 Å². The SMILES string of the molecule is Cc1ccccc1CC(CO)Cc1ccc(Br)cc1F. The third-order valence-corrected chi connectivity index (χ3v) is 4.04. The summed E-state index contributed by atoms with van der Waals surface area (Å²) in [7, 11) is 0. The maximum Gasteiger partial charge on any atom is 0.127 e. The zero-order chi connectivity index (χ0) is 14.5. The standard InChI is InChI=1S/C17H18BrFO/c1-12-4-2-3-5-14(12)8-13(11-20)9-15-6-7-16(18)10-17(15)19/h2-7,10,13,20H,8-9,11H2,1H3. The van der Waals surface area contributed by atoms with Crippen LogP contribution in [0.4, 0.5) is 4.39 Å². The number of rotatable bonds is 5. The molecule has 2 aromatic carbocycles. The van der Waals surface area contributed by atoms with E-state index in [1.807, 2.05) is 18.2 Å². The molecule has 0 amide bonds. The Hall–Kier alpha value is -1.19. The van der Waals surface area contributed by atoms with Gasteiger partial charge in [0.05, 0.1) is 0 Å². The first-order valence-corrected chi connectivity index (χ1v) is 7.48. The maximum absolute atomic E-state index is 13.9. The highest BCUT2D eigenvalue weighted by Crippen LogP contribution is 2.21. The van der Waals surface area contributed by atoms with Gasteiger partial charge in [0, 0.05) is 11.1 Å². The van der Waals surface area contributed by atoms with E-state index in [4.69, 9.17) is 0 Å². The minimum absolute atomic E-state index is 0.0341. The van der Waals surface area contributed by atoms with Crippen molar-refractivity contribution in [3.8, 4) is 0 Å². The van der Waals surface area contributed by atoms with E-state index in [2.05, 4.69) is 35.0 Å². The molecule has 0 radical (unpaired) electrons. The fourth-order valence-corrected chi connectivity index (χ4v) is 2.68. The zero-order valence-electron chi connectivity index (χ0n) is 11.4. The molecule has 1 N–H and O–H groups in total. The van der Waals surface area contributed by atoms with Crippen LogP contribution in [0.3, 0.4) is 0 Å². The second kappa shape index (κ2) is 7.00. The normalized spacial score (nSPS) is 12.4. The van der Waals surface area contributed by atoms with Crippen LogP contribution >= 0.6 is 15.9 Å². The van der Waals surface area contributed by atoms with Crippen molar-refractivity contribution in [3.05, 3.63) is 69.4 Å². The zero-order valence-corrected chi connectivity index (χ0v) is 13.0. The van der Waals surface area contributed by atoms with Gasteiger partial charge in [0.15, 0.2) is 0 Å². The van der Waals surface area contributed by atoms with E-state index >= 15 is 0 Å². The fraction of sp³-hybridized carbons (Fsp3) is 0.294. The Morgan fingerprint density at radius 3 is 2.45 bits per heavy atom. The molecule has 20 heavy (non-hydrogen) atoms. The first-order chi connectivity index (χ1) is 9.60. The Labute approximate surface area is 127 Å². The number of benzene rings is 2. The highest BCUT2D eigenvalue weighted by Gasteiger charge is 2.13. The second-order valence-corrected chi connectivity index (χ2v) is 6.03. The summed E-state index contributed by atoms with van der Waals surface area (Å²) >= 11 is 3.25. The van der Waals surface area contributed by atoms with Crippen LogP contribution < -0.4 is 0 Å². The first-order valence-electron chi connectivity index (χ1n) is 6.69. The molecule has 0 aliphatic heterocycles. The molecule has 0 fully saturated rings. The topological polar surface area (TPSA) is 20.2 Å². The Bertz CT molecular complexity index is 583. The van der Waals surface area contributed by atoms with Gasteiger partial charge in [-0.3, -0.25) is 0 Å². The predicted octanol–water partition coefficient (Wildman–Crippen LogP) is 4.29. The van der Waals surface area contributed by atoms with Crippen LogP contribution in [0.2, 0.25) is 0 Å². The van der Waals surface area contributed by atoms with Crippen molar-refractivity contribution in [1.82, 2.24) is 0 Å². The third-order valence-electron chi connectivity index (χ3n) is 3.55. The molecule has 1 nitrogen and oxygen atoms in total. The molecular weight excluding hydrogens is 319 g/mol. The number of hydrogen-bond donors (Lipinski definition) is 1. The second-order valence-electron chi connectivity index (χ2n) is 5.12. The van der Waals surface area contributed by atoms with Crippen LogP contribution in [0, 0.1) is 18.7 Å². The number of hydrogen-bond acceptors (Lipinski definition) is 1. The highest BCUT2D eigenvalue weighted by molar-refractivity contribution is 9.10. The molecule has 106 valence electrons. The summed E-state index contributed by atoms with van der Waals surface area (Å²) in [5.74, 6) is -0.186. The molecule has 1 unspecified atom stereocenters. The molecule has 2 aromatic rings. The highest BCUT2D eigenvalue weighted by atomic mass is 79.9. The summed E-state index contributed by atoms with van der Waals surface area (Å²) in [6.45, 7) is 2.12. The van der Waals surface area contributed by atoms with Crippen molar-refractivity contribution in [2.24, 2.45) is 5.92 Å². The molecule has 3 heteroatoms. The average molecular weight is 337 g/mol. The lowest BCUT2D eigenvalue weighted by Crippen LogP contribution is -2.14. The Kier molecular flexibility index (Phi) is 5.32. The number of aliphatic hydroxyl groups is 1. The Balaban J connectivity index is 2.11. The molecule has 0 aromatic heterocycles. The van der Waals surface area contributed by atoms with Crippen molar-refractivity contribution in [1.29, 1.82) is 0 Å². The van der Waals surface area contributed by atoms with E-state index in [1.54, 1.807) is 6.07 Å². The van der Waals surface area contributed by atoms with Gasteiger partial charge in [-0.2, -0.15) is 0 Å². The van der Waals surface area contributed by atoms with Crippen LogP contribution in [-0.2, 0) is 12.8 Å². The lowest BCUT2D eigenvalue weighted by atomic mass is 9.91. The van der Waals surface area contributed by atoms with Gasteiger partial charge < -0.3 is 5.11 Å². The Morgan fingerprint density at radius 2 is 1.80 bits per heavy atom. The minimum Gasteiger partial charge on any atom is -0.396 e. The van der Waals surface area contributed by atoms with Crippen LogP contribution in [0.15, 0.2) is 46.9 Å².